The van der Waals surface area contributed by atoms with Gasteiger partial charge >= 0.3 is 0 Å². The first-order chi connectivity index (χ1) is 13.0. The first-order valence-electron chi connectivity index (χ1n) is 8.80. The predicted octanol–water partition coefficient (Wildman–Crippen LogP) is -0.439. The Morgan fingerprint density at radius 1 is 1.37 bits per heavy atom. The Morgan fingerprint density at radius 2 is 2.22 bits per heavy atom. The number of hydrogen-bond donors (Lipinski definition) is 3. The first-order valence-corrected chi connectivity index (χ1v) is 8.80. The predicted molar refractivity (Wildman–Crippen MR) is 93.3 cm³/mol. The van der Waals surface area contributed by atoms with E-state index in [1.165, 1.54) is 17.0 Å². The molecule has 9 heteroatoms. The molecule has 0 aliphatic carbocycles. The van der Waals surface area contributed by atoms with Gasteiger partial charge < -0.3 is 20.6 Å². The Morgan fingerprint density at radius 3 is 3.00 bits per heavy atom. The molecule has 3 N–H and O–H groups in total. The summed E-state index contributed by atoms with van der Waals surface area (Å²) in [6.07, 6.45) is 4.03. The van der Waals surface area contributed by atoms with Gasteiger partial charge in [-0.1, -0.05) is 6.07 Å². The average Bonchev–Trinajstić information content (AvgIpc) is 3.30. The Bertz CT molecular complexity index is 870. The zero-order valence-electron chi connectivity index (χ0n) is 14.5. The molecule has 2 aliphatic heterocycles. The molecule has 0 spiro atoms. The molecule has 2 aromatic rings. The highest BCUT2D eigenvalue weighted by Crippen LogP contribution is 2.23. The van der Waals surface area contributed by atoms with Gasteiger partial charge in [-0.2, -0.15) is 5.10 Å². The molecule has 3 heterocycles. The second-order valence-electron chi connectivity index (χ2n) is 6.84. The number of rotatable bonds is 5. The van der Waals surface area contributed by atoms with E-state index < -0.39 is 18.7 Å². The zero-order valence-corrected chi connectivity index (χ0v) is 14.5. The van der Waals surface area contributed by atoms with Crippen LogP contribution in [0.25, 0.3) is 5.69 Å². The van der Waals surface area contributed by atoms with Crippen molar-refractivity contribution in [1.82, 2.24) is 25.3 Å². The van der Waals surface area contributed by atoms with Gasteiger partial charge in [0, 0.05) is 30.9 Å². The highest BCUT2D eigenvalue weighted by Gasteiger charge is 2.46. The number of aromatic nitrogens is 2. The van der Waals surface area contributed by atoms with Crippen LogP contribution in [-0.4, -0.2) is 62.9 Å². The van der Waals surface area contributed by atoms with E-state index in [1.807, 2.05) is 6.20 Å². The monoisotopic (exact) mass is 373 g/mol. The van der Waals surface area contributed by atoms with Crippen molar-refractivity contribution in [3.05, 3.63) is 48.0 Å². The lowest BCUT2D eigenvalue weighted by Gasteiger charge is -2.33. The highest BCUT2D eigenvalue weighted by molar-refractivity contribution is 5.97. The van der Waals surface area contributed by atoms with Crippen molar-refractivity contribution in [2.75, 3.05) is 13.2 Å². The van der Waals surface area contributed by atoms with Crippen LogP contribution in [0.3, 0.4) is 0 Å². The van der Waals surface area contributed by atoms with E-state index in [4.69, 9.17) is 0 Å². The van der Waals surface area contributed by atoms with Crippen LogP contribution in [0.4, 0.5) is 4.39 Å². The van der Waals surface area contributed by atoms with Crippen molar-refractivity contribution >= 4 is 11.8 Å². The van der Waals surface area contributed by atoms with E-state index in [-0.39, 0.29) is 23.7 Å². The van der Waals surface area contributed by atoms with Gasteiger partial charge in [-0.25, -0.2) is 9.07 Å². The van der Waals surface area contributed by atoms with Gasteiger partial charge in [0.2, 0.25) is 11.8 Å². The smallest absolute Gasteiger partial charge is 0.248 e. The number of benzene rings is 1. The number of aliphatic hydroxyl groups is 1. The molecule has 2 aliphatic rings. The third kappa shape index (κ3) is 3.43. The van der Waals surface area contributed by atoms with Crippen LogP contribution in [0.5, 0.6) is 0 Å². The zero-order chi connectivity index (χ0) is 19.0. The molecule has 0 saturated carbocycles. The second kappa shape index (κ2) is 7.09. The van der Waals surface area contributed by atoms with Crippen molar-refractivity contribution in [2.24, 2.45) is 0 Å². The fourth-order valence-electron chi connectivity index (χ4n) is 3.60. The summed E-state index contributed by atoms with van der Waals surface area (Å²) in [4.78, 5) is 25.9. The summed E-state index contributed by atoms with van der Waals surface area (Å²) < 4.78 is 14.9. The summed E-state index contributed by atoms with van der Waals surface area (Å²) in [6.45, 7) is 0.538. The molecular formula is C18H20FN5O3. The third-order valence-corrected chi connectivity index (χ3v) is 4.99. The molecule has 0 radical (unpaired) electrons. The summed E-state index contributed by atoms with van der Waals surface area (Å²) in [5.74, 6) is -0.795. The molecule has 8 nitrogen and oxygen atoms in total. The van der Waals surface area contributed by atoms with Crippen molar-refractivity contribution in [3.63, 3.8) is 0 Å². The van der Waals surface area contributed by atoms with Crippen LogP contribution in [-0.2, 0) is 16.1 Å². The van der Waals surface area contributed by atoms with Crippen LogP contribution in [0.1, 0.15) is 12.0 Å². The standard InChI is InChI=1S/C18H20FN5O3/c19-12-2-1-3-14(4-12)24-8-11(7-21-24)6-20-13-5-16-17(26)22-15(10-25)18(27)23(16)9-13/h1-4,7-8,13,15-16,20,25H,5-6,9-10H2,(H,22,26)/t13-,15-,16-/m0/s1. The second-order valence-corrected chi connectivity index (χ2v) is 6.84. The van der Waals surface area contributed by atoms with E-state index >= 15 is 0 Å². The van der Waals surface area contributed by atoms with Crippen molar-refractivity contribution in [2.45, 2.75) is 31.1 Å². The van der Waals surface area contributed by atoms with Crippen LogP contribution in [0, 0.1) is 5.82 Å². The van der Waals surface area contributed by atoms with Gasteiger partial charge in [0.25, 0.3) is 0 Å². The summed E-state index contributed by atoms with van der Waals surface area (Å²) in [5, 5.41) is 19.4. The van der Waals surface area contributed by atoms with Crippen LogP contribution in [0.2, 0.25) is 0 Å². The van der Waals surface area contributed by atoms with E-state index in [9.17, 15) is 19.1 Å². The molecule has 3 atom stereocenters. The largest absolute Gasteiger partial charge is 0.394 e. The quantitative estimate of drug-likeness (QED) is 0.660. The normalized spacial score (nSPS) is 24.8. The lowest BCUT2D eigenvalue weighted by atomic mass is 10.1. The molecule has 0 bridgehead atoms. The fraction of sp³-hybridized carbons (Fsp3) is 0.389. The highest BCUT2D eigenvalue weighted by atomic mass is 19.1. The topological polar surface area (TPSA) is 99.5 Å². The van der Waals surface area contributed by atoms with Crippen LogP contribution < -0.4 is 10.6 Å². The number of nitrogens with zero attached hydrogens (tertiary/aromatic N) is 3. The van der Waals surface area contributed by atoms with Gasteiger partial charge in [0.15, 0.2) is 0 Å². The van der Waals surface area contributed by atoms with Gasteiger partial charge in [-0.15, -0.1) is 0 Å². The summed E-state index contributed by atoms with van der Waals surface area (Å²) >= 11 is 0. The molecule has 4 rings (SSSR count). The lowest BCUT2D eigenvalue weighted by Crippen LogP contribution is -2.62. The minimum atomic E-state index is -0.850. The van der Waals surface area contributed by atoms with Crippen molar-refractivity contribution in [1.29, 1.82) is 0 Å². The average molecular weight is 373 g/mol. The van der Waals surface area contributed by atoms with Gasteiger partial charge in [0.1, 0.15) is 17.9 Å². The number of carbonyl (C=O) groups is 2. The Labute approximate surface area is 155 Å². The summed E-state index contributed by atoms with van der Waals surface area (Å²) in [5.41, 5.74) is 1.55. The molecule has 0 unspecified atom stereocenters. The minimum Gasteiger partial charge on any atom is -0.394 e. The number of piperazine rings is 1. The maximum atomic E-state index is 13.3. The van der Waals surface area contributed by atoms with E-state index in [1.54, 1.807) is 23.0 Å². The maximum Gasteiger partial charge on any atom is 0.248 e. The van der Waals surface area contributed by atoms with Crippen LogP contribution >= 0.6 is 0 Å². The third-order valence-electron chi connectivity index (χ3n) is 4.99. The minimum absolute atomic E-state index is 0.0281. The number of amides is 2. The summed E-state index contributed by atoms with van der Waals surface area (Å²) in [7, 11) is 0. The van der Waals surface area contributed by atoms with E-state index in [2.05, 4.69) is 15.7 Å². The van der Waals surface area contributed by atoms with Gasteiger partial charge in [-0.05, 0) is 24.6 Å². The number of fused-ring (bicyclic) bond motifs is 1. The molecule has 1 aromatic heterocycles. The van der Waals surface area contributed by atoms with Crippen molar-refractivity contribution in [3.8, 4) is 5.69 Å². The van der Waals surface area contributed by atoms with Gasteiger partial charge in [-0.3, -0.25) is 9.59 Å². The molecule has 27 heavy (non-hydrogen) atoms. The number of nitrogens with one attached hydrogen (secondary N) is 2. The first kappa shape index (κ1) is 17.6. The number of carbonyl (C=O) groups excluding carboxylic acids is 2. The van der Waals surface area contributed by atoms with Gasteiger partial charge in [0.05, 0.1) is 18.5 Å². The maximum absolute atomic E-state index is 13.3. The van der Waals surface area contributed by atoms with E-state index in [0.29, 0.717) is 25.2 Å². The number of hydrogen-bond acceptors (Lipinski definition) is 5. The van der Waals surface area contributed by atoms with Crippen molar-refractivity contribution < 1.29 is 19.1 Å². The Kier molecular flexibility index (Phi) is 4.63. The number of halogens is 1. The van der Waals surface area contributed by atoms with E-state index in [0.717, 1.165) is 5.56 Å². The molecule has 2 amide bonds. The Balaban J connectivity index is 1.38. The molecule has 2 fully saturated rings. The Hall–Kier alpha value is -2.78. The fourth-order valence-corrected chi connectivity index (χ4v) is 3.60. The lowest BCUT2D eigenvalue weighted by molar-refractivity contribution is -0.148. The van der Waals surface area contributed by atoms with Crippen LogP contribution in [0.15, 0.2) is 36.7 Å². The molecular weight excluding hydrogens is 353 g/mol. The molecule has 1 aromatic carbocycles. The number of aliphatic hydroxyl groups excluding tert-OH is 1. The molecule has 142 valence electrons. The summed E-state index contributed by atoms with van der Waals surface area (Å²) in [6, 6.07) is 4.80. The SMILES string of the molecule is O=C1N[C@@H](CO)C(=O)N2C[C@@H](NCc3cnn(-c4cccc(F)c4)c3)C[C@@H]12. The molecule has 2 saturated heterocycles.